The molecule has 2 aromatic heterocycles. The first kappa shape index (κ1) is 15.9. The molecule has 0 amide bonds. The molecule has 0 bridgehead atoms. The first-order valence-corrected chi connectivity index (χ1v) is 10.00. The monoisotopic (exact) mass is 334 g/mol. The van der Waals surface area contributed by atoms with E-state index in [1.54, 1.807) is 23.5 Å². The van der Waals surface area contributed by atoms with Crippen molar-refractivity contribution < 1.29 is 8.83 Å². The van der Waals surface area contributed by atoms with Gasteiger partial charge in [0.25, 0.3) is 0 Å². The van der Waals surface area contributed by atoms with Crippen molar-refractivity contribution >= 4 is 45.5 Å². The highest BCUT2D eigenvalue weighted by Gasteiger charge is 2.10. The molecule has 0 unspecified atom stereocenters. The maximum Gasteiger partial charge on any atom is 0.161 e. The van der Waals surface area contributed by atoms with Crippen LogP contribution in [0.1, 0.15) is 39.5 Å². The smallest absolute Gasteiger partial charge is 0.161 e. The molecule has 118 valence electrons. The maximum atomic E-state index is 5.93. The zero-order valence-corrected chi connectivity index (χ0v) is 14.8. The van der Waals surface area contributed by atoms with Gasteiger partial charge in [-0.3, -0.25) is 0 Å². The molecule has 0 spiro atoms. The SMILES string of the molecule is CCCCSc1cc2cc3cc(SCCCC)oc3cc2o1. The highest BCUT2D eigenvalue weighted by atomic mass is 32.2. The molecule has 3 rings (SSSR count). The van der Waals surface area contributed by atoms with Crippen LogP contribution in [0.2, 0.25) is 0 Å². The molecule has 0 N–H and O–H groups in total. The van der Waals surface area contributed by atoms with Crippen molar-refractivity contribution in [1.29, 1.82) is 0 Å². The first-order chi connectivity index (χ1) is 10.8. The van der Waals surface area contributed by atoms with Crippen molar-refractivity contribution in [1.82, 2.24) is 0 Å². The molecule has 4 heteroatoms. The van der Waals surface area contributed by atoms with Crippen LogP contribution in [0.15, 0.2) is 43.3 Å². The summed E-state index contributed by atoms with van der Waals surface area (Å²) < 4.78 is 11.9. The van der Waals surface area contributed by atoms with Crippen molar-refractivity contribution in [3.05, 3.63) is 24.3 Å². The quantitative estimate of drug-likeness (QED) is 0.328. The van der Waals surface area contributed by atoms with Gasteiger partial charge in [-0.05, 0) is 31.0 Å². The minimum absolute atomic E-state index is 0.922. The van der Waals surface area contributed by atoms with Crippen molar-refractivity contribution in [3.8, 4) is 0 Å². The van der Waals surface area contributed by atoms with E-state index in [9.17, 15) is 0 Å². The number of fused-ring (bicyclic) bond motifs is 2. The van der Waals surface area contributed by atoms with Gasteiger partial charge in [0.05, 0.1) is 0 Å². The normalized spacial score (nSPS) is 11.7. The van der Waals surface area contributed by atoms with Crippen LogP contribution in [-0.2, 0) is 0 Å². The second-order valence-corrected chi connectivity index (χ2v) is 7.66. The highest BCUT2D eigenvalue weighted by molar-refractivity contribution is 7.99. The van der Waals surface area contributed by atoms with E-state index in [0.29, 0.717) is 0 Å². The Bertz CT molecular complexity index is 631. The Balaban J connectivity index is 1.79. The number of benzene rings is 1. The van der Waals surface area contributed by atoms with Crippen molar-refractivity contribution in [3.63, 3.8) is 0 Å². The maximum absolute atomic E-state index is 5.93. The Labute approximate surface area is 140 Å². The molecule has 0 atom stereocenters. The number of unbranched alkanes of at least 4 members (excludes halogenated alkanes) is 2. The molecule has 0 fully saturated rings. The van der Waals surface area contributed by atoms with E-state index in [4.69, 9.17) is 8.83 Å². The van der Waals surface area contributed by atoms with Crippen molar-refractivity contribution in [2.45, 2.75) is 49.7 Å². The fraction of sp³-hybridized carbons (Fsp3) is 0.444. The summed E-state index contributed by atoms with van der Waals surface area (Å²) in [4.78, 5) is 0. The van der Waals surface area contributed by atoms with E-state index < -0.39 is 0 Å². The van der Waals surface area contributed by atoms with Gasteiger partial charge < -0.3 is 8.83 Å². The van der Waals surface area contributed by atoms with Crippen LogP contribution in [0.3, 0.4) is 0 Å². The van der Waals surface area contributed by atoms with Gasteiger partial charge in [-0.2, -0.15) is 0 Å². The lowest BCUT2D eigenvalue weighted by Gasteiger charge is -1.94. The predicted octanol–water partition coefficient (Wildman–Crippen LogP) is 6.96. The average molecular weight is 335 g/mol. The molecule has 0 saturated carbocycles. The Morgan fingerprint density at radius 2 is 1.23 bits per heavy atom. The molecule has 0 aliphatic rings. The number of hydrogen-bond acceptors (Lipinski definition) is 4. The molecular weight excluding hydrogens is 312 g/mol. The third-order valence-electron chi connectivity index (χ3n) is 3.59. The number of thioether (sulfide) groups is 2. The summed E-state index contributed by atoms with van der Waals surface area (Å²) in [7, 11) is 0. The van der Waals surface area contributed by atoms with E-state index in [1.807, 2.05) is 6.07 Å². The van der Waals surface area contributed by atoms with Crippen LogP contribution in [-0.4, -0.2) is 11.5 Å². The molecule has 0 aliphatic heterocycles. The fourth-order valence-corrected chi connectivity index (χ4v) is 4.29. The van der Waals surface area contributed by atoms with Gasteiger partial charge >= 0.3 is 0 Å². The van der Waals surface area contributed by atoms with Gasteiger partial charge in [-0.1, -0.05) is 50.2 Å². The van der Waals surface area contributed by atoms with E-state index in [0.717, 1.165) is 43.6 Å². The topological polar surface area (TPSA) is 26.3 Å². The highest BCUT2D eigenvalue weighted by Crippen LogP contribution is 2.34. The van der Waals surface area contributed by atoms with Crippen LogP contribution in [0.25, 0.3) is 21.9 Å². The second-order valence-electron chi connectivity index (χ2n) is 5.46. The lowest BCUT2D eigenvalue weighted by atomic mass is 10.2. The number of furan rings is 2. The zero-order chi connectivity index (χ0) is 15.4. The lowest BCUT2D eigenvalue weighted by molar-refractivity contribution is 0.505. The molecule has 2 nitrogen and oxygen atoms in total. The molecule has 2 heterocycles. The molecule has 0 saturated heterocycles. The molecule has 0 radical (unpaired) electrons. The summed E-state index contributed by atoms with van der Waals surface area (Å²) in [5.74, 6) is 2.23. The Kier molecular flexibility index (Phi) is 5.42. The second kappa shape index (κ2) is 7.51. The van der Waals surface area contributed by atoms with E-state index in [-0.39, 0.29) is 0 Å². The van der Waals surface area contributed by atoms with Crippen molar-refractivity contribution in [2.24, 2.45) is 0 Å². The summed E-state index contributed by atoms with van der Waals surface area (Å²) in [6.45, 7) is 4.42. The molecule has 0 aliphatic carbocycles. The zero-order valence-electron chi connectivity index (χ0n) is 13.2. The predicted molar refractivity (Wildman–Crippen MR) is 97.3 cm³/mol. The summed E-state index contributed by atoms with van der Waals surface area (Å²) in [6.07, 6.45) is 4.89. The molecule has 22 heavy (non-hydrogen) atoms. The molecule has 1 aromatic carbocycles. The van der Waals surface area contributed by atoms with Gasteiger partial charge in [-0.25, -0.2) is 0 Å². The molecular formula is C18H22O2S2. The van der Waals surface area contributed by atoms with Gasteiger partial charge in [0.15, 0.2) is 10.2 Å². The van der Waals surface area contributed by atoms with E-state index in [2.05, 4.69) is 32.0 Å². The van der Waals surface area contributed by atoms with Crippen LogP contribution < -0.4 is 0 Å². The largest absolute Gasteiger partial charge is 0.450 e. The Morgan fingerprint density at radius 3 is 1.68 bits per heavy atom. The Morgan fingerprint density at radius 1 is 0.727 bits per heavy atom. The summed E-state index contributed by atoms with van der Waals surface area (Å²) >= 11 is 3.59. The van der Waals surface area contributed by atoms with Gasteiger partial charge in [0, 0.05) is 28.3 Å². The third-order valence-corrected chi connectivity index (χ3v) is 5.55. The first-order valence-electron chi connectivity index (χ1n) is 8.03. The molecule has 3 aromatic rings. The van der Waals surface area contributed by atoms with Crippen LogP contribution in [0.4, 0.5) is 0 Å². The summed E-state index contributed by atoms with van der Waals surface area (Å²) in [5, 5.41) is 4.34. The summed E-state index contributed by atoms with van der Waals surface area (Å²) in [5.41, 5.74) is 1.84. The minimum atomic E-state index is 0.922. The fourth-order valence-electron chi connectivity index (χ4n) is 2.30. The lowest BCUT2D eigenvalue weighted by Crippen LogP contribution is -1.74. The third kappa shape index (κ3) is 3.66. The van der Waals surface area contributed by atoms with Crippen LogP contribution >= 0.6 is 23.5 Å². The number of hydrogen-bond donors (Lipinski definition) is 0. The van der Waals surface area contributed by atoms with Crippen LogP contribution in [0.5, 0.6) is 0 Å². The standard InChI is InChI=1S/C18H22O2S2/c1-3-5-7-21-17-10-13-9-14-11-18(22-8-6-4-2)20-16(14)12-15(13)19-17/h9-12H,3-8H2,1-2H3. The number of rotatable bonds is 8. The van der Waals surface area contributed by atoms with Gasteiger partial charge in [0.1, 0.15) is 11.2 Å². The van der Waals surface area contributed by atoms with Crippen molar-refractivity contribution in [2.75, 3.05) is 11.5 Å². The van der Waals surface area contributed by atoms with E-state index >= 15 is 0 Å². The van der Waals surface area contributed by atoms with E-state index in [1.165, 1.54) is 25.7 Å². The van der Waals surface area contributed by atoms with Gasteiger partial charge in [0.2, 0.25) is 0 Å². The van der Waals surface area contributed by atoms with Gasteiger partial charge in [-0.15, -0.1) is 0 Å². The minimum Gasteiger partial charge on any atom is -0.450 e. The average Bonchev–Trinajstić information content (AvgIpc) is 3.07. The summed E-state index contributed by atoms with van der Waals surface area (Å²) in [6, 6.07) is 8.49. The Hall–Kier alpha value is -1.00. The van der Waals surface area contributed by atoms with Crippen LogP contribution in [0, 0.1) is 0 Å².